The van der Waals surface area contributed by atoms with Gasteiger partial charge in [0, 0.05) is 30.2 Å². The number of carbonyl (C=O) groups is 1. The largest absolute Gasteiger partial charge is 0.351 e. The molecule has 0 bridgehead atoms. The standard InChI is InChI=1S/C29H45N3OS/c1-20-25(27(33)31-13-14-34-30)18-26(32(20)19-21-11-9-8-10-12-21)22-15-23(28(2,3)4)17-24(16-22)29(5,6)7/h15-18,21H,8-14,19,30H2,1-7H3,(H,31,33). The molecule has 0 spiro atoms. The number of benzene rings is 1. The van der Waals surface area contributed by atoms with E-state index in [1.54, 1.807) is 0 Å². The summed E-state index contributed by atoms with van der Waals surface area (Å²) in [5, 5.41) is 8.61. The molecule has 1 saturated carbocycles. The van der Waals surface area contributed by atoms with E-state index >= 15 is 0 Å². The van der Waals surface area contributed by atoms with Crippen molar-refractivity contribution in [2.45, 2.75) is 97.9 Å². The highest BCUT2D eigenvalue weighted by Crippen LogP contribution is 2.36. The number of nitrogens with one attached hydrogen (secondary N) is 1. The van der Waals surface area contributed by atoms with Gasteiger partial charge in [0.15, 0.2) is 0 Å². The van der Waals surface area contributed by atoms with Crippen molar-refractivity contribution in [1.82, 2.24) is 9.88 Å². The minimum absolute atomic E-state index is 0.00165. The SMILES string of the molecule is Cc1c(C(=O)NCCSN)cc(-c2cc(C(C)(C)C)cc(C(C)(C)C)c2)n1CC1CCCCC1. The monoisotopic (exact) mass is 483 g/mol. The molecule has 0 unspecified atom stereocenters. The number of rotatable bonds is 7. The van der Waals surface area contributed by atoms with E-state index in [9.17, 15) is 4.79 Å². The molecule has 0 radical (unpaired) electrons. The highest BCUT2D eigenvalue weighted by molar-refractivity contribution is 7.97. The van der Waals surface area contributed by atoms with Crippen LogP contribution in [0.3, 0.4) is 0 Å². The lowest BCUT2D eigenvalue weighted by atomic mass is 9.79. The predicted octanol–water partition coefficient (Wildman–Crippen LogP) is 6.98. The molecule has 2 aromatic rings. The number of nitrogens with zero attached hydrogens (tertiary/aromatic N) is 1. The van der Waals surface area contributed by atoms with Crippen LogP contribution >= 0.6 is 11.9 Å². The molecule has 5 heteroatoms. The summed E-state index contributed by atoms with van der Waals surface area (Å²) in [6.45, 7) is 17.3. The molecule has 3 rings (SSSR count). The summed E-state index contributed by atoms with van der Waals surface area (Å²) in [5.74, 6) is 1.39. The molecule has 34 heavy (non-hydrogen) atoms. The van der Waals surface area contributed by atoms with Gasteiger partial charge in [0.1, 0.15) is 0 Å². The molecule has 1 heterocycles. The fourth-order valence-corrected chi connectivity index (χ4v) is 5.16. The van der Waals surface area contributed by atoms with Crippen molar-refractivity contribution in [2.75, 3.05) is 12.3 Å². The number of hydrogen-bond donors (Lipinski definition) is 2. The lowest BCUT2D eigenvalue weighted by molar-refractivity contribution is 0.0955. The number of carbonyl (C=O) groups excluding carboxylic acids is 1. The van der Waals surface area contributed by atoms with Gasteiger partial charge in [-0.25, -0.2) is 0 Å². The summed E-state index contributed by atoms with van der Waals surface area (Å²) in [4.78, 5) is 13.1. The van der Waals surface area contributed by atoms with Crippen molar-refractivity contribution in [3.05, 3.63) is 46.6 Å². The van der Waals surface area contributed by atoms with Crippen LogP contribution in [-0.4, -0.2) is 22.8 Å². The molecule has 4 nitrogen and oxygen atoms in total. The van der Waals surface area contributed by atoms with E-state index < -0.39 is 0 Å². The van der Waals surface area contributed by atoms with Crippen molar-refractivity contribution in [1.29, 1.82) is 0 Å². The second kappa shape index (κ2) is 10.9. The zero-order chi connectivity index (χ0) is 25.1. The molecule has 1 aliphatic carbocycles. The Morgan fingerprint density at radius 2 is 1.59 bits per heavy atom. The molecule has 3 N–H and O–H groups in total. The van der Waals surface area contributed by atoms with Gasteiger partial charge in [-0.1, -0.05) is 78.8 Å². The molecule has 1 aromatic carbocycles. The smallest absolute Gasteiger partial charge is 0.253 e. The maximum absolute atomic E-state index is 13.1. The Labute approximate surface area is 211 Å². The Hall–Kier alpha value is -1.72. The minimum atomic E-state index is -0.00165. The van der Waals surface area contributed by atoms with Gasteiger partial charge in [-0.2, -0.15) is 0 Å². The lowest BCUT2D eigenvalue weighted by Crippen LogP contribution is -2.26. The molecule has 0 aliphatic heterocycles. The van der Waals surface area contributed by atoms with Crippen LogP contribution in [0.25, 0.3) is 11.3 Å². The molecule has 0 atom stereocenters. The maximum Gasteiger partial charge on any atom is 0.253 e. The van der Waals surface area contributed by atoms with Gasteiger partial charge in [-0.3, -0.25) is 9.93 Å². The Morgan fingerprint density at radius 1 is 1.00 bits per heavy atom. The predicted molar refractivity (Wildman–Crippen MR) is 148 cm³/mol. The van der Waals surface area contributed by atoms with Crippen LogP contribution in [0.5, 0.6) is 0 Å². The fraction of sp³-hybridized carbons (Fsp3) is 0.621. The molecular weight excluding hydrogens is 438 g/mol. The summed E-state index contributed by atoms with van der Waals surface area (Å²) >= 11 is 1.26. The van der Waals surface area contributed by atoms with Gasteiger partial charge in [-0.15, -0.1) is 0 Å². The van der Waals surface area contributed by atoms with E-state index in [2.05, 4.69) is 82.6 Å². The van der Waals surface area contributed by atoms with Crippen LogP contribution in [0.15, 0.2) is 24.3 Å². The van der Waals surface area contributed by atoms with Gasteiger partial charge in [-0.05, 0) is 71.4 Å². The van der Waals surface area contributed by atoms with Gasteiger partial charge in [0.2, 0.25) is 0 Å². The average Bonchev–Trinajstić information content (AvgIpc) is 3.09. The van der Waals surface area contributed by atoms with E-state index in [4.69, 9.17) is 5.14 Å². The number of amides is 1. The fourth-order valence-electron chi connectivity index (χ4n) is 4.94. The average molecular weight is 484 g/mol. The summed E-state index contributed by atoms with van der Waals surface area (Å²) in [6, 6.07) is 9.17. The van der Waals surface area contributed by atoms with Gasteiger partial charge >= 0.3 is 0 Å². The van der Waals surface area contributed by atoms with Gasteiger partial charge in [0.05, 0.1) is 5.56 Å². The van der Waals surface area contributed by atoms with E-state index in [1.165, 1.54) is 60.7 Å². The first-order valence-electron chi connectivity index (χ1n) is 12.9. The number of nitrogens with two attached hydrogens (primary N) is 1. The van der Waals surface area contributed by atoms with E-state index in [-0.39, 0.29) is 16.7 Å². The van der Waals surface area contributed by atoms with Crippen LogP contribution in [0.4, 0.5) is 0 Å². The first kappa shape index (κ1) is 26.9. The Balaban J connectivity index is 2.13. The van der Waals surface area contributed by atoms with E-state index in [0.717, 1.165) is 23.5 Å². The Kier molecular flexibility index (Phi) is 8.62. The Morgan fingerprint density at radius 3 is 2.12 bits per heavy atom. The number of hydrogen-bond acceptors (Lipinski definition) is 3. The summed E-state index contributed by atoms with van der Waals surface area (Å²) < 4.78 is 2.43. The molecule has 188 valence electrons. The van der Waals surface area contributed by atoms with Crippen LogP contribution in [-0.2, 0) is 17.4 Å². The van der Waals surface area contributed by atoms with Crippen LogP contribution in [0.2, 0.25) is 0 Å². The van der Waals surface area contributed by atoms with Crippen molar-refractivity contribution in [3.8, 4) is 11.3 Å². The van der Waals surface area contributed by atoms with E-state index in [0.29, 0.717) is 18.2 Å². The molecule has 1 aliphatic rings. The van der Waals surface area contributed by atoms with Crippen molar-refractivity contribution in [3.63, 3.8) is 0 Å². The van der Waals surface area contributed by atoms with Crippen LogP contribution < -0.4 is 10.5 Å². The van der Waals surface area contributed by atoms with Crippen LogP contribution in [0, 0.1) is 12.8 Å². The lowest BCUT2D eigenvalue weighted by Gasteiger charge is -2.27. The second-order valence-electron chi connectivity index (χ2n) is 12.1. The quantitative estimate of drug-likeness (QED) is 0.330. The maximum atomic E-state index is 13.1. The number of aromatic nitrogens is 1. The first-order chi connectivity index (χ1) is 15.9. The van der Waals surface area contributed by atoms with Crippen molar-refractivity contribution >= 4 is 17.9 Å². The Bertz CT molecular complexity index is 956. The second-order valence-corrected chi connectivity index (χ2v) is 12.8. The topological polar surface area (TPSA) is 60.1 Å². The molecule has 1 aromatic heterocycles. The third-order valence-corrected chi connectivity index (χ3v) is 7.68. The molecular formula is C29H45N3OS. The van der Waals surface area contributed by atoms with Crippen molar-refractivity contribution < 1.29 is 4.79 Å². The normalized spacial score (nSPS) is 15.5. The minimum Gasteiger partial charge on any atom is -0.351 e. The molecule has 1 amide bonds. The van der Waals surface area contributed by atoms with Gasteiger partial charge in [0.25, 0.3) is 5.91 Å². The highest BCUT2D eigenvalue weighted by atomic mass is 32.2. The summed E-state index contributed by atoms with van der Waals surface area (Å²) in [6.07, 6.45) is 6.54. The highest BCUT2D eigenvalue weighted by Gasteiger charge is 2.25. The van der Waals surface area contributed by atoms with Gasteiger partial charge < -0.3 is 9.88 Å². The summed E-state index contributed by atoms with van der Waals surface area (Å²) in [5.41, 5.74) is 7.00. The summed E-state index contributed by atoms with van der Waals surface area (Å²) in [7, 11) is 0. The van der Waals surface area contributed by atoms with Crippen molar-refractivity contribution in [2.24, 2.45) is 11.1 Å². The molecule has 0 saturated heterocycles. The zero-order valence-electron chi connectivity index (χ0n) is 22.4. The van der Waals surface area contributed by atoms with Crippen LogP contribution in [0.1, 0.15) is 101 Å². The third kappa shape index (κ3) is 6.48. The zero-order valence-corrected chi connectivity index (χ0v) is 23.2. The third-order valence-electron chi connectivity index (χ3n) is 7.24. The molecule has 1 fully saturated rings. The van der Waals surface area contributed by atoms with E-state index in [1.807, 2.05) is 0 Å². The first-order valence-corrected chi connectivity index (χ1v) is 13.9.